The number of hydrogen-bond donors (Lipinski definition) is 1. The molecule has 0 bridgehead atoms. The molecule has 3 rings (SSSR count). The van der Waals surface area contributed by atoms with E-state index in [0.29, 0.717) is 18.8 Å². The van der Waals surface area contributed by atoms with Crippen molar-refractivity contribution in [2.24, 2.45) is 7.05 Å². The van der Waals surface area contributed by atoms with Gasteiger partial charge < -0.3 is 14.3 Å². The number of fused-ring (bicyclic) bond motifs is 1. The molecule has 0 spiro atoms. The highest BCUT2D eigenvalue weighted by Crippen LogP contribution is 2.24. The summed E-state index contributed by atoms with van der Waals surface area (Å²) < 4.78 is 12.0. The van der Waals surface area contributed by atoms with Gasteiger partial charge in [-0.3, -0.25) is 9.47 Å². The minimum absolute atomic E-state index is 0.0122. The summed E-state index contributed by atoms with van der Waals surface area (Å²) >= 11 is 0. The Morgan fingerprint density at radius 1 is 1.29 bits per heavy atom. The van der Waals surface area contributed by atoms with E-state index in [9.17, 15) is 9.90 Å². The van der Waals surface area contributed by atoms with Crippen molar-refractivity contribution in [1.29, 1.82) is 0 Å². The lowest BCUT2D eigenvalue weighted by molar-refractivity contribution is -0.0166. The first-order valence-corrected chi connectivity index (χ1v) is 7.17. The predicted octanol–water partition coefficient (Wildman–Crippen LogP) is 0.886. The second kappa shape index (κ2) is 5.63. The third kappa shape index (κ3) is 2.62. The van der Waals surface area contributed by atoms with E-state index in [4.69, 9.17) is 9.15 Å². The second-order valence-electron chi connectivity index (χ2n) is 5.49. The van der Waals surface area contributed by atoms with Crippen molar-refractivity contribution < 1.29 is 14.3 Å². The number of rotatable bonds is 3. The number of benzene rings is 1. The molecule has 1 aliphatic rings. The van der Waals surface area contributed by atoms with Gasteiger partial charge in [0.1, 0.15) is 0 Å². The van der Waals surface area contributed by atoms with Crippen molar-refractivity contribution >= 4 is 11.1 Å². The highest BCUT2D eigenvalue weighted by molar-refractivity contribution is 5.73. The number of aromatic nitrogens is 1. The van der Waals surface area contributed by atoms with Crippen LogP contribution < -0.4 is 5.76 Å². The van der Waals surface area contributed by atoms with Gasteiger partial charge in [-0.15, -0.1) is 0 Å². The first kappa shape index (κ1) is 14.3. The number of aryl methyl sites for hydroxylation is 1. The molecule has 21 heavy (non-hydrogen) atoms. The minimum Gasteiger partial charge on any atom is -0.408 e. The first-order chi connectivity index (χ1) is 10.1. The van der Waals surface area contributed by atoms with Crippen LogP contribution in [0, 0.1) is 0 Å². The van der Waals surface area contributed by atoms with Gasteiger partial charge in [-0.05, 0) is 24.6 Å². The fourth-order valence-corrected chi connectivity index (χ4v) is 2.80. The van der Waals surface area contributed by atoms with E-state index >= 15 is 0 Å². The molecular formula is C15H20N2O4. The molecule has 2 heterocycles. The summed E-state index contributed by atoms with van der Waals surface area (Å²) in [6.45, 7) is 5.04. The van der Waals surface area contributed by atoms with Crippen LogP contribution in [-0.4, -0.2) is 46.9 Å². The molecule has 6 nitrogen and oxygen atoms in total. The molecule has 2 aromatic rings. The average molecular weight is 292 g/mol. The van der Waals surface area contributed by atoms with Crippen molar-refractivity contribution in [3.8, 4) is 0 Å². The van der Waals surface area contributed by atoms with Crippen molar-refractivity contribution in [2.45, 2.75) is 19.1 Å². The molecule has 114 valence electrons. The fourth-order valence-electron chi connectivity index (χ4n) is 2.80. The van der Waals surface area contributed by atoms with Crippen LogP contribution in [0.3, 0.4) is 0 Å². The van der Waals surface area contributed by atoms with Crippen LogP contribution in [0.1, 0.15) is 18.6 Å². The van der Waals surface area contributed by atoms with Gasteiger partial charge in [0.2, 0.25) is 0 Å². The summed E-state index contributed by atoms with van der Waals surface area (Å²) in [5.41, 5.74) is 2.00. The Bertz CT molecular complexity index is 685. The summed E-state index contributed by atoms with van der Waals surface area (Å²) in [6, 6.07) is 5.39. The zero-order valence-electron chi connectivity index (χ0n) is 12.3. The summed E-state index contributed by atoms with van der Waals surface area (Å²) in [5.74, 6) is -0.391. The number of aliphatic hydroxyl groups is 1. The lowest BCUT2D eigenvalue weighted by atomic mass is 10.0. The van der Waals surface area contributed by atoms with E-state index < -0.39 is 11.9 Å². The Hall–Kier alpha value is -1.63. The van der Waals surface area contributed by atoms with Gasteiger partial charge in [0.05, 0.1) is 24.8 Å². The Morgan fingerprint density at radius 2 is 2.00 bits per heavy atom. The molecule has 1 aliphatic heterocycles. The maximum atomic E-state index is 11.5. The maximum absolute atomic E-state index is 11.5. The molecule has 1 fully saturated rings. The van der Waals surface area contributed by atoms with E-state index in [1.165, 1.54) is 4.57 Å². The Morgan fingerprint density at radius 3 is 2.71 bits per heavy atom. The molecule has 1 aromatic heterocycles. The van der Waals surface area contributed by atoms with Crippen LogP contribution in [0.4, 0.5) is 0 Å². The number of hydrogen-bond acceptors (Lipinski definition) is 5. The van der Waals surface area contributed by atoms with Crippen molar-refractivity contribution in [3.05, 3.63) is 34.3 Å². The van der Waals surface area contributed by atoms with E-state index in [0.717, 1.165) is 24.2 Å². The maximum Gasteiger partial charge on any atom is 0.419 e. The zero-order valence-corrected chi connectivity index (χ0v) is 12.3. The van der Waals surface area contributed by atoms with Crippen molar-refractivity contribution in [1.82, 2.24) is 9.47 Å². The van der Waals surface area contributed by atoms with Gasteiger partial charge >= 0.3 is 5.76 Å². The van der Waals surface area contributed by atoms with Crippen molar-refractivity contribution in [2.75, 3.05) is 26.3 Å². The Balaban J connectivity index is 1.86. The van der Waals surface area contributed by atoms with Crippen LogP contribution in [0.25, 0.3) is 11.1 Å². The predicted molar refractivity (Wildman–Crippen MR) is 78.3 cm³/mol. The average Bonchev–Trinajstić information content (AvgIpc) is 2.81. The van der Waals surface area contributed by atoms with Gasteiger partial charge in [0, 0.05) is 26.2 Å². The molecule has 1 aromatic carbocycles. The summed E-state index contributed by atoms with van der Waals surface area (Å²) in [7, 11) is 1.67. The van der Waals surface area contributed by atoms with Gasteiger partial charge in [-0.1, -0.05) is 6.07 Å². The third-order valence-corrected chi connectivity index (χ3v) is 4.24. The molecule has 6 heteroatoms. The SMILES string of the molecule is CC(C(O)c1ccc2c(c1)oc(=O)n2C)N1CCOCC1. The van der Waals surface area contributed by atoms with E-state index in [-0.39, 0.29) is 6.04 Å². The summed E-state index contributed by atoms with van der Waals surface area (Å²) in [4.78, 5) is 13.7. The van der Waals surface area contributed by atoms with Gasteiger partial charge in [-0.2, -0.15) is 0 Å². The number of oxazole rings is 1. The Kier molecular flexibility index (Phi) is 3.84. The van der Waals surface area contributed by atoms with Gasteiger partial charge in [-0.25, -0.2) is 4.79 Å². The lowest BCUT2D eigenvalue weighted by Gasteiger charge is -2.35. The van der Waals surface area contributed by atoms with Crippen LogP contribution in [0.5, 0.6) is 0 Å². The molecule has 0 aliphatic carbocycles. The van der Waals surface area contributed by atoms with E-state index in [1.807, 2.05) is 19.1 Å². The highest BCUT2D eigenvalue weighted by Gasteiger charge is 2.25. The molecule has 1 N–H and O–H groups in total. The molecule has 0 radical (unpaired) electrons. The molecule has 0 saturated carbocycles. The molecular weight excluding hydrogens is 272 g/mol. The van der Waals surface area contributed by atoms with Crippen LogP contribution in [0.2, 0.25) is 0 Å². The topological polar surface area (TPSA) is 67.8 Å². The quantitative estimate of drug-likeness (QED) is 0.910. The van der Waals surface area contributed by atoms with Crippen LogP contribution >= 0.6 is 0 Å². The standard InChI is InChI=1S/C15H20N2O4/c1-10(17-5-7-20-8-6-17)14(18)11-3-4-12-13(9-11)21-15(19)16(12)2/h3-4,9-10,14,18H,5-8H2,1-2H3. The smallest absolute Gasteiger partial charge is 0.408 e. The Labute approximate surface area is 122 Å². The first-order valence-electron chi connectivity index (χ1n) is 7.17. The third-order valence-electron chi connectivity index (χ3n) is 4.24. The fraction of sp³-hybridized carbons (Fsp3) is 0.533. The van der Waals surface area contributed by atoms with Crippen molar-refractivity contribution in [3.63, 3.8) is 0 Å². The molecule has 1 saturated heterocycles. The largest absolute Gasteiger partial charge is 0.419 e. The second-order valence-corrected chi connectivity index (χ2v) is 5.49. The normalized spacial score (nSPS) is 19.8. The lowest BCUT2D eigenvalue weighted by Crippen LogP contribution is -2.44. The summed E-state index contributed by atoms with van der Waals surface area (Å²) in [6.07, 6.45) is -0.627. The van der Waals surface area contributed by atoms with Gasteiger partial charge in [0.15, 0.2) is 5.58 Å². The highest BCUT2D eigenvalue weighted by atomic mass is 16.5. The summed E-state index contributed by atoms with van der Waals surface area (Å²) in [5, 5.41) is 10.6. The van der Waals surface area contributed by atoms with E-state index in [1.54, 1.807) is 13.1 Å². The molecule has 2 unspecified atom stereocenters. The monoisotopic (exact) mass is 292 g/mol. The zero-order chi connectivity index (χ0) is 15.0. The number of aliphatic hydroxyl groups excluding tert-OH is 1. The number of ether oxygens (including phenoxy) is 1. The molecule has 2 atom stereocenters. The van der Waals surface area contributed by atoms with E-state index in [2.05, 4.69) is 4.90 Å². The molecule has 0 amide bonds. The van der Waals surface area contributed by atoms with Gasteiger partial charge in [0.25, 0.3) is 0 Å². The number of nitrogens with zero attached hydrogens (tertiary/aromatic N) is 2. The van der Waals surface area contributed by atoms with Crippen LogP contribution in [0.15, 0.2) is 27.4 Å². The number of morpholine rings is 1. The van der Waals surface area contributed by atoms with Crippen LogP contribution in [-0.2, 0) is 11.8 Å². The minimum atomic E-state index is -0.627.